The van der Waals surface area contributed by atoms with Gasteiger partial charge in [0.25, 0.3) is 0 Å². The van der Waals surface area contributed by atoms with Gasteiger partial charge in [0.1, 0.15) is 6.61 Å². The van der Waals surface area contributed by atoms with Crippen molar-refractivity contribution in [3.63, 3.8) is 0 Å². The van der Waals surface area contributed by atoms with Gasteiger partial charge in [-0.2, -0.15) is 0 Å². The minimum atomic E-state index is -0.572. The SMILES string of the molecule is O=C1OC[C@@H](Cc2ccccc2)N1C(=O)[C@@H](COCc1ccccc1)Cc1ccccc1. The molecule has 5 nitrogen and oxygen atoms in total. The first-order valence-corrected chi connectivity index (χ1v) is 10.9. The van der Waals surface area contributed by atoms with Crippen molar-refractivity contribution in [3.8, 4) is 0 Å². The number of carbonyl (C=O) groups is 2. The van der Waals surface area contributed by atoms with E-state index in [1.54, 1.807) is 0 Å². The topological polar surface area (TPSA) is 55.8 Å². The van der Waals surface area contributed by atoms with Crippen LogP contribution in [0.15, 0.2) is 91.0 Å². The van der Waals surface area contributed by atoms with Crippen LogP contribution in [0.25, 0.3) is 0 Å². The van der Waals surface area contributed by atoms with E-state index in [9.17, 15) is 9.59 Å². The van der Waals surface area contributed by atoms with Gasteiger partial charge in [-0.3, -0.25) is 4.79 Å². The van der Waals surface area contributed by atoms with Gasteiger partial charge < -0.3 is 9.47 Å². The molecule has 0 N–H and O–H groups in total. The van der Waals surface area contributed by atoms with Gasteiger partial charge in [-0.25, -0.2) is 9.69 Å². The highest BCUT2D eigenvalue weighted by molar-refractivity contribution is 5.95. The van der Waals surface area contributed by atoms with Gasteiger partial charge in [0.2, 0.25) is 5.91 Å². The zero-order valence-corrected chi connectivity index (χ0v) is 17.9. The second kappa shape index (κ2) is 10.7. The third-order valence-electron chi connectivity index (χ3n) is 5.62. The number of benzene rings is 3. The van der Waals surface area contributed by atoms with Gasteiger partial charge in [-0.05, 0) is 29.5 Å². The Hall–Kier alpha value is -3.44. The molecule has 0 aliphatic carbocycles. The lowest BCUT2D eigenvalue weighted by molar-refractivity contribution is -0.135. The van der Waals surface area contributed by atoms with Crippen molar-refractivity contribution in [3.05, 3.63) is 108 Å². The number of nitrogens with zero attached hydrogens (tertiary/aromatic N) is 1. The molecule has 1 fully saturated rings. The van der Waals surface area contributed by atoms with Crippen LogP contribution in [0.4, 0.5) is 4.79 Å². The molecule has 2 amide bonds. The predicted octanol–water partition coefficient (Wildman–Crippen LogP) is 4.65. The van der Waals surface area contributed by atoms with Crippen LogP contribution in [-0.4, -0.2) is 36.2 Å². The van der Waals surface area contributed by atoms with E-state index in [-0.39, 0.29) is 25.2 Å². The summed E-state index contributed by atoms with van der Waals surface area (Å²) < 4.78 is 11.2. The number of amides is 2. The highest BCUT2D eigenvalue weighted by atomic mass is 16.6. The molecule has 1 heterocycles. The smallest absolute Gasteiger partial charge is 0.416 e. The monoisotopic (exact) mass is 429 g/mol. The number of ether oxygens (including phenoxy) is 2. The zero-order valence-electron chi connectivity index (χ0n) is 17.9. The molecule has 2 atom stereocenters. The van der Waals surface area contributed by atoms with Crippen LogP contribution in [0, 0.1) is 5.92 Å². The molecule has 0 aromatic heterocycles. The third-order valence-corrected chi connectivity index (χ3v) is 5.62. The van der Waals surface area contributed by atoms with Crippen LogP contribution in [0.1, 0.15) is 16.7 Å². The minimum Gasteiger partial charge on any atom is -0.447 e. The van der Waals surface area contributed by atoms with Gasteiger partial charge in [-0.1, -0.05) is 91.0 Å². The summed E-state index contributed by atoms with van der Waals surface area (Å²) in [4.78, 5) is 27.4. The summed E-state index contributed by atoms with van der Waals surface area (Å²) in [5.41, 5.74) is 3.14. The molecule has 0 spiro atoms. The van der Waals surface area contributed by atoms with Gasteiger partial charge >= 0.3 is 6.09 Å². The number of imide groups is 1. The number of hydrogen-bond acceptors (Lipinski definition) is 4. The molecule has 0 unspecified atom stereocenters. The molecular weight excluding hydrogens is 402 g/mol. The summed E-state index contributed by atoms with van der Waals surface area (Å²) in [7, 11) is 0. The van der Waals surface area contributed by atoms with E-state index in [1.165, 1.54) is 4.90 Å². The summed E-state index contributed by atoms with van der Waals surface area (Å²) in [5.74, 6) is -0.726. The fraction of sp³-hybridized carbons (Fsp3) is 0.259. The van der Waals surface area contributed by atoms with Crippen LogP contribution >= 0.6 is 0 Å². The van der Waals surface area contributed by atoms with E-state index in [0.29, 0.717) is 19.4 Å². The fourth-order valence-electron chi connectivity index (χ4n) is 3.97. The molecule has 4 rings (SSSR count). The van der Waals surface area contributed by atoms with Crippen LogP contribution in [-0.2, 0) is 33.7 Å². The molecule has 3 aromatic rings. The molecule has 1 saturated heterocycles. The Morgan fingerprint density at radius 3 is 2.06 bits per heavy atom. The van der Waals surface area contributed by atoms with E-state index >= 15 is 0 Å². The van der Waals surface area contributed by atoms with E-state index in [0.717, 1.165) is 16.7 Å². The Bertz CT molecular complexity index is 1010. The van der Waals surface area contributed by atoms with Crippen molar-refractivity contribution in [1.29, 1.82) is 0 Å². The van der Waals surface area contributed by atoms with Crippen molar-refractivity contribution < 1.29 is 19.1 Å². The van der Waals surface area contributed by atoms with Gasteiger partial charge in [0, 0.05) is 0 Å². The minimum absolute atomic E-state index is 0.211. The van der Waals surface area contributed by atoms with E-state index in [1.807, 2.05) is 91.0 Å². The summed E-state index contributed by atoms with van der Waals surface area (Å²) >= 11 is 0. The van der Waals surface area contributed by atoms with E-state index < -0.39 is 12.0 Å². The Kier molecular flexibility index (Phi) is 7.31. The largest absolute Gasteiger partial charge is 0.447 e. The standard InChI is InChI=1S/C27H27NO4/c29-26(28-25(20-32-27(28)30)17-22-12-6-2-7-13-22)24(16-21-10-4-1-5-11-21)19-31-18-23-14-8-3-9-15-23/h1-15,24-25H,16-20H2/t24-,25-/m1/s1. The Morgan fingerprint density at radius 1 is 0.875 bits per heavy atom. The summed E-state index contributed by atoms with van der Waals surface area (Å²) in [6.07, 6.45) is 0.495. The van der Waals surface area contributed by atoms with Gasteiger partial charge in [0.05, 0.1) is 25.2 Å². The Morgan fingerprint density at radius 2 is 1.44 bits per heavy atom. The normalized spacial score (nSPS) is 16.6. The Balaban J connectivity index is 1.48. The van der Waals surface area contributed by atoms with Crippen molar-refractivity contribution in [2.75, 3.05) is 13.2 Å². The molecule has 5 heteroatoms. The van der Waals surface area contributed by atoms with Gasteiger partial charge in [-0.15, -0.1) is 0 Å². The maximum Gasteiger partial charge on any atom is 0.416 e. The fourth-order valence-corrected chi connectivity index (χ4v) is 3.97. The molecule has 32 heavy (non-hydrogen) atoms. The first-order valence-electron chi connectivity index (χ1n) is 10.9. The lowest BCUT2D eigenvalue weighted by Gasteiger charge is -2.25. The van der Waals surface area contributed by atoms with Crippen LogP contribution in [0.3, 0.4) is 0 Å². The van der Waals surface area contributed by atoms with E-state index in [2.05, 4.69) is 0 Å². The molecular formula is C27H27NO4. The molecule has 0 saturated carbocycles. The number of cyclic esters (lactones) is 1. The lowest BCUT2D eigenvalue weighted by atomic mass is 9.97. The van der Waals surface area contributed by atoms with Gasteiger partial charge in [0.15, 0.2) is 0 Å². The van der Waals surface area contributed by atoms with Crippen LogP contribution in [0.2, 0.25) is 0 Å². The first kappa shape index (κ1) is 21.8. The van der Waals surface area contributed by atoms with Crippen molar-refractivity contribution in [2.24, 2.45) is 5.92 Å². The second-order valence-corrected chi connectivity index (χ2v) is 8.02. The molecule has 3 aromatic carbocycles. The number of rotatable bonds is 9. The summed E-state index contributed by atoms with van der Waals surface area (Å²) in [6, 6.07) is 29.2. The molecule has 0 radical (unpaired) electrons. The number of carbonyl (C=O) groups excluding carboxylic acids is 2. The average Bonchev–Trinajstić information content (AvgIpc) is 3.19. The zero-order chi connectivity index (χ0) is 22.2. The maximum absolute atomic E-state index is 13.5. The lowest BCUT2D eigenvalue weighted by Crippen LogP contribution is -2.45. The Labute approximate surface area is 188 Å². The maximum atomic E-state index is 13.5. The predicted molar refractivity (Wildman–Crippen MR) is 122 cm³/mol. The molecule has 164 valence electrons. The molecule has 0 bridgehead atoms. The molecule has 1 aliphatic rings. The summed E-state index contributed by atoms with van der Waals surface area (Å²) in [5, 5.41) is 0. The highest BCUT2D eigenvalue weighted by Crippen LogP contribution is 2.22. The first-order chi connectivity index (χ1) is 15.7. The summed E-state index contributed by atoms with van der Waals surface area (Å²) in [6.45, 7) is 0.851. The highest BCUT2D eigenvalue weighted by Gasteiger charge is 2.40. The van der Waals surface area contributed by atoms with Crippen LogP contribution in [0.5, 0.6) is 0 Å². The second-order valence-electron chi connectivity index (χ2n) is 8.02. The van der Waals surface area contributed by atoms with Crippen molar-refractivity contribution in [2.45, 2.75) is 25.5 Å². The third kappa shape index (κ3) is 5.62. The van der Waals surface area contributed by atoms with Crippen LogP contribution < -0.4 is 0 Å². The van der Waals surface area contributed by atoms with Crippen molar-refractivity contribution in [1.82, 2.24) is 4.90 Å². The quantitative estimate of drug-likeness (QED) is 0.497. The number of hydrogen-bond donors (Lipinski definition) is 0. The average molecular weight is 430 g/mol. The van der Waals surface area contributed by atoms with E-state index in [4.69, 9.17) is 9.47 Å². The van der Waals surface area contributed by atoms with Crippen molar-refractivity contribution >= 4 is 12.0 Å². The molecule has 1 aliphatic heterocycles.